The van der Waals surface area contributed by atoms with Crippen molar-refractivity contribution in [2.75, 3.05) is 19.6 Å². The number of imide groups is 1. The van der Waals surface area contributed by atoms with Crippen molar-refractivity contribution in [3.8, 4) is 0 Å². The molecule has 1 spiro atoms. The molecule has 8 heteroatoms. The summed E-state index contributed by atoms with van der Waals surface area (Å²) in [4.78, 5) is 51.7. The van der Waals surface area contributed by atoms with Crippen LogP contribution in [0.3, 0.4) is 0 Å². The topological polar surface area (TPSA) is 107 Å². The average molecular weight is 371 g/mol. The van der Waals surface area contributed by atoms with E-state index in [0.29, 0.717) is 38.8 Å². The van der Waals surface area contributed by atoms with Crippen LogP contribution in [0.1, 0.15) is 30.4 Å². The molecule has 1 unspecified atom stereocenters. The number of rotatable bonds is 3. The molecule has 4 amide bonds. The highest BCUT2D eigenvalue weighted by molar-refractivity contribution is 6.09. The first kappa shape index (κ1) is 17.5. The number of nitrogens with one attached hydrogen (secondary N) is 1. The lowest BCUT2D eigenvalue weighted by atomic mass is 9.92. The predicted molar refractivity (Wildman–Crippen MR) is 93.6 cm³/mol. The number of carboxylic acids is 1. The Morgan fingerprint density at radius 3 is 2.59 bits per heavy atom. The second kappa shape index (κ2) is 6.37. The van der Waals surface area contributed by atoms with Crippen molar-refractivity contribution in [2.45, 2.75) is 31.2 Å². The van der Waals surface area contributed by atoms with Crippen LogP contribution >= 0.6 is 0 Å². The van der Waals surface area contributed by atoms with Crippen LogP contribution in [0.15, 0.2) is 24.3 Å². The Hall–Kier alpha value is -2.90. The molecule has 3 aliphatic rings. The van der Waals surface area contributed by atoms with Crippen LogP contribution in [-0.2, 0) is 26.3 Å². The molecule has 0 saturated carbocycles. The monoisotopic (exact) mass is 371 g/mol. The minimum atomic E-state index is -1.07. The Morgan fingerprint density at radius 2 is 1.89 bits per heavy atom. The first-order valence-corrected chi connectivity index (χ1v) is 9.15. The molecule has 2 aliphatic heterocycles. The van der Waals surface area contributed by atoms with E-state index in [2.05, 4.69) is 5.32 Å². The molecule has 8 nitrogen and oxygen atoms in total. The number of nitrogens with zero attached hydrogens (tertiary/aromatic N) is 2. The van der Waals surface area contributed by atoms with Crippen molar-refractivity contribution in [1.82, 2.24) is 15.1 Å². The van der Waals surface area contributed by atoms with Crippen molar-refractivity contribution in [3.63, 3.8) is 0 Å². The molecule has 2 fully saturated rings. The Bertz CT molecular complexity index is 830. The number of carbonyl (C=O) groups excluding carboxylic acids is 3. The van der Waals surface area contributed by atoms with Gasteiger partial charge in [0.1, 0.15) is 12.1 Å². The number of hydrogen-bond acceptors (Lipinski definition) is 4. The maximum Gasteiger partial charge on any atom is 0.325 e. The van der Waals surface area contributed by atoms with Gasteiger partial charge >= 0.3 is 12.0 Å². The highest BCUT2D eigenvalue weighted by atomic mass is 16.4. The Labute approximate surface area is 156 Å². The summed E-state index contributed by atoms with van der Waals surface area (Å²) in [7, 11) is 0. The average Bonchev–Trinajstić information content (AvgIpc) is 3.15. The second-order valence-electron chi connectivity index (χ2n) is 7.38. The summed E-state index contributed by atoms with van der Waals surface area (Å²) in [5.41, 5.74) is 0.778. The van der Waals surface area contributed by atoms with Gasteiger partial charge in [-0.15, -0.1) is 0 Å². The normalized spacial score (nSPS) is 25.0. The van der Waals surface area contributed by atoms with Crippen LogP contribution < -0.4 is 5.32 Å². The molecule has 0 bridgehead atoms. The zero-order valence-electron chi connectivity index (χ0n) is 14.8. The standard InChI is InChI=1S/C19H21N3O5/c23-15(21-9-6-13(7-10-21)16(24)25)11-22-17(26)19(20-18(22)27)8-5-12-3-1-2-4-14(12)19/h1-4,13H,5-11H2,(H,20,27)(H,24,25). The lowest BCUT2D eigenvalue weighted by Gasteiger charge is -2.31. The van der Waals surface area contributed by atoms with Gasteiger partial charge in [0.2, 0.25) is 5.91 Å². The van der Waals surface area contributed by atoms with E-state index in [1.54, 1.807) is 0 Å². The largest absolute Gasteiger partial charge is 0.481 e. The Morgan fingerprint density at radius 1 is 1.19 bits per heavy atom. The van der Waals surface area contributed by atoms with E-state index in [1.807, 2.05) is 24.3 Å². The Kier molecular flexibility index (Phi) is 4.13. The number of urea groups is 1. The maximum atomic E-state index is 13.1. The van der Waals surface area contributed by atoms with Crippen LogP contribution in [-0.4, -0.2) is 58.4 Å². The van der Waals surface area contributed by atoms with Gasteiger partial charge < -0.3 is 15.3 Å². The molecule has 1 aromatic carbocycles. The summed E-state index contributed by atoms with van der Waals surface area (Å²) >= 11 is 0. The summed E-state index contributed by atoms with van der Waals surface area (Å²) in [6.07, 6.45) is 1.97. The van der Waals surface area contributed by atoms with E-state index in [0.717, 1.165) is 16.0 Å². The minimum Gasteiger partial charge on any atom is -0.481 e. The van der Waals surface area contributed by atoms with Crippen LogP contribution in [0, 0.1) is 5.92 Å². The fourth-order valence-electron chi connectivity index (χ4n) is 4.34. The number of aliphatic carboxylic acids is 1. The molecule has 142 valence electrons. The van der Waals surface area contributed by atoms with Gasteiger partial charge in [0.05, 0.1) is 5.92 Å². The number of piperidine rings is 1. The SMILES string of the molecule is O=C(O)C1CCN(C(=O)CN2C(=O)NC3(CCc4ccccc43)C2=O)CC1. The molecular weight excluding hydrogens is 350 g/mol. The number of carboxylic acid groups (broad SMARTS) is 1. The van der Waals surface area contributed by atoms with Gasteiger partial charge in [-0.3, -0.25) is 19.3 Å². The molecule has 1 aromatic rings. The molecule has 1 aliphatic carbocycles. The minimum absolute atomic E-state index is 0.313. The van der Waals surface area contributed by atoms with Crippen LogP contribution in [0.2, 0.25) is 0 Å². The molecule has 2 N–H and O–H groups in total. The number of fused-ring (bicyclic) bond motifs is 2. The van der Waals surface area contributed by atoms with E-state index < -0.39 is 23.5 Å². The zero-order valence-corrected chi connectivity index (χ0v) is 14.8. The van der Waals surface area contributed by atoms with Gasteiger partial charge in [-0.2, -0.15) is 0 Å². The van der Waals surface area contributed by atoms with Crippen molar-refractivity contribution >= 4 is 23.8 Å². The Balaban J connectivity index is 1.46. The number of carbonyl (C=O) groups is 4. The summed E-state index contributed by atoms with van der Waals surface area (Å²) < 4.78 is 0. The maximum absolute atomic E-state index is 13.1. The number of likely N-dealkylation sites (tertiary alicyclic amines) is 1. The van der Waals surface area contributed by atoms with Gasteiger partial charge in [-0.1, -0.05) is 24.3 Å². The fraction of sp³-hybridized carbons (Fsp3) is 0.474. The highest BCUT2D eigenvalue weighted by Gasteiger charge is 2.55. The molecule has 2 heterocycles. The van der Waals surface area contributed by atoms with Crippen molar-refractivity contribution in [1.29, 1.82) is 0 Å². The molecule has 2 saturated heterocycles. The van der Waals surface area contributed by atoms with Gasteiger partial charge in [0, 0.05) is 13.1 Å². The quantitative estimate of drug-likeness (QED) is 0.761. The summed E-state index contributed by atoms with van der Waals surface area (Å²) in [6, 6.07) is 6.99. The third-order valence-electron chi connectivity index (χ3n) is 5.91. The third-order valence-corrected chi connectivity index (χ3v) is 5.91. The van der Waals surface area contributed by atoms with Crippen molar-refractivity contribution in [2.24, 2.45) is 5.92 Å². The number of amides is 4. The molecule has 1 atom stereocenters. The van der Waals surface area contributed by atoms with Gasteiger partial charge in [-0.05, 0) is 36.8 Å². The lowest BCUT2D eigenvalue weighted by Crippen LogP contribution is -2.47. The summed E-state index contributed by atoms with van der Waals surface area (Å²) in [5, 5.41) is 11.9. The van der Waals surface area contributed by atoms with Gasteiger partial charge in [0.15, 0.2) is 0 Å². The summed E-state index contributed by atoms with van der Waals surface area (Å²) in [5.74, 6) is -2.00. The summed E-state index contributed by atoms with van der Waals surface area (Å²) in [6.45, 7) is 0.340. The lowest BCUT2D eigenvalue weighted by molar-refractivity contribution is -0.146. The molecule has 0 aromatic heterocycles. The fourth-order valence-corrected chi connectivity index (χ4v) is 4.34. The molecule has 4 rings (SSSR count). The molecular formula is C19H21N3O5. The van der Waals surface area contributed by atoms with Crippen LogP contribution in [0.5, 0.6) is 0 Å². The van der Waals surface area contributed by atoms with Gasteiger partial charge in [-0.25, -0.2) is 4.79 Å². The van der Waals surface area contributed by atoms with E-state index in [-0.39, 0.29) is 18.4 Å². The number of aryl methyl sites for hydroxylation is 1. The van der Waals surface area contributed by atoms with Crippen LogP contribution in [0.4, 0.5) is 4.79 Å². The second-order valence-corrected chi connectivity index (χ2v) is 7.38. The molecule has 0 radical (unpaired) electrons. The first-order chi connectivity index (χ1) is 12.9. The highest BCUT2D eigenvalue weighted by Crippen LogP contribution is 2.41. The van der Waals surface area contributed by atoms with E-state index in [1.165, 1.54) is 4.90 Å². The predicted octanol–water partition coefficient (Wildman–Crippen LogP) is 0.703. The van der Waals surface area contributed by atoms with E-state index in [9.17, 15) is 19.2 Å². The zero-order chi connectivity index (χ0) is 19.2. The van der Waals surface area contributed by atoms with Crippen molar-refractivity contribution in [3.05, 3.63) is 35.4 Å². The third kappa shape index (κ3) is 2.75. The van der Waals surface area contributed by atoms with E-state index in [4.69, 9.17) is 5.11 Å². The number of benzene rings is 1. The first-order valence-electron chi connectivity index (χ1n) is 9.15. The van der Waals surface area contributed by atoms with Gasteiger partial charge in [0.25, 0.3) is 5.91 Å². The van der Waals surface area contributed by atoms with Crippen LogP contribution in [0.25, 0.3) is 0 Å². The smallest absolute Gasteiger partial charge is 0.325 e. The van der Waals surface area contributed by atoms with E-state index >= 15 is 0 Å². The van der Waals surface area contributed by atoms with Crippen molar-refractivity contribution < 1.29 is 24.3 Å². The molecule has 27 heavy (non-hydrogen) atoms. The number of hydrogen-bond donors (Lipinski definition) is 2.